The molecule has 0 atom stereocenters. The molecule has 1 aromatic carbocycles. The van der Waals surface area contributed by atoms with Crippen LogP contribution in [0.25, 0.3) is 10.9 Å². The van der Waals surface area contributed by atoms with Gasteiger partial charge in [-0.15, -0.1) is 0 Å². The van der Waals surface area contributed by atoms with Crippen molar-refractivity contribution in [3.63, 3.8) is 0 Å². The number of benzene rings is 1. The molecule has 0 unspecified atom stereocenters. The maximum absolute atomic E-state index is 4.23. The van der Waals surface area contributed by atoms with Crippen LogP contribution in [0, 0.1) is 0 Å². The maximum Gasteiger partial charge on any atom is 0.0486 e. The van der Waals surface area contributed by atoms with Crippen molar-refractivity contribution in [2.75, 3.05) is 13.6 Å². The third-order valence-corrected chi connectivity index (χ3v) is 4.70. The van der Waals surface area contributed by atoms with Crippen molar-refractivity contribution in [3.8, 4) is 0 Å². The quantitative estimate of drug-likeness (QED) is 0.738. The molecule has 0 bridgehead atoms. The molecule has 0 radical (unpaired) electrons. The van der Waals surface area contributed by atoms with Crippen LogP contribution in [0.4, 0.5) is 0 Å². The van der Waals surface area contributed by atoms with Crippen LogP contribution in [0.3, 0.4) is 0 Å². The second kappa shape index (κ2) is 5.58. The lowest BCUT2D eigenvalue weighted by atomic mass is 10.1. The fraction of sp³-hybridized carbons (Fsp3) is 0.316. The topological polar surface area (TPSA) is 21.1 Å². The fourth-order valence-corrected chi connectivity index (χ4v) is 3.58. The zero-order valence-corrected chi connectivity index (χ0v) is 13.0. The van der Waals surface area contributed by atoms with E-state index in [2.05, 4.69) is 51.8 Å². The van der Waals surface area contributed by atoms with Crippen molar-refractivity contribution >= 4 is 10.9 Å². The van der Waals surface area contributed by atoms with E-state index in [0.717, 1.165) is 32.5 Å². The highest BCUT2D eigenvalue weighted by Gasteiger charge is 2.21. The molecule has 0 saturated heterocycles. The number of para-hydroxylation sites is 1. The highest BCUT2D eigenvalue weighted by Crippen LogP contribution is 2.30. The molecule has 3 nitrogen and oxygen atoms in total. The van der Waals surface area contributed by atoms with Gasteiger partial charge in [-0.2, -0.15) is 0 Å². The molecule has 3 heteroatoms. The van der Waals surface area contributed by atoms with Crippen molar-refractivity contribution < 1.29 is 0 Å². The highest BCUT2D eigenvalue weighted by molar-refractivity contribution is 5.85. The van der Waals surface area contributed by atoms with Crippen molar-refractivity contribution in [2.45, 2.75) is 25.9 Å². The Morgan fingerprint density at radius 1 is 1.14 bits per heavy atom. The number of aryl methyl sites for hydroxylation is 2. The first-order chi connectivity index (χ1) is 10.8. The van der Waals surface area contributed by atoms with Gasteiger partial charge >= 0.3 is 0 Å². The van der Waals surface area contributed by atoms with Gasteiger partial charge in [0.1, 0.15) is 0 Å². The van der Waals surface area contributed by atoms with Gasteiger partial charge in [0.25, 0.3) is 0 Å². The summed E-state index contributed by atoms with van der Waals surface area (Å²) in [5.41, 5.74) is 5.74. The fourth-order valence-electron chi connectivity index (χ4n) is 3.58. The summed E-state index contributed by atoms with van der Waals surface area (Å²) in [5.74, 6) is 0. The predicted octanol–water partition coefficient (Wildman–Crippen LogP) is 3.27. The van der Waals surface area contributed by atoms with Crippen LogP contribution in [0.2, 0.25) is 0 Å². The van der Waals surface area contributed by atoms with E-state index in [1.807, 2.05) is 18.5 Å². The van der Waals surface area contributed by atoms with Gasteiger partial charge < -0.3 is 9.47 Å². The summed E-state index contributed by atoms with van der Waals surface area (Å²) in [5, 5.41) is 1.43. The number of nitrogens with zero attached hydrogens (tertiary/aromatic N) is 3. The molecule has 0 spiro atoms. The molecule has 1 aliphatic rings. The second-order valence-corrected chi connectivity index (χ2v) is 6.19. The number of likely N-dealkylation sites (N-methyl/N-ethyl adjacent to an activating group) is 1. The maximum atomic E-state index is 4.23. The number of rotatable bonds is 3. The minimum absolute atomic E-state index is 1.03. The van der Waals surface area contributed by atoms with Crippen LogP contribution in [0.5, 0.6) is 0 Å². The van der Waals surface area contributed by atoms with E-state index in [0.29, 0.717) is 0 Å². The number of hydrogen-bond donors (Lipinski definition) is 0. The Bertz CT molecular complexity index is 789. The van der Waals surface area contributed by atoms with E-state index >= 15 is 0 Å². The standard InChI is InChI=1S/C19H21N3/c1-21-11-9-19-17(14-21)16-6-2-3-7-18(16)22(19)12-8-15-5-4-10-20-13-15/h2-7,10,13H,8-9,11-12,14H2,1H3. The van der Waals surface area contributed by atoms with Gasteiger partial charge in [-0.1, -0.05) is 24.3 Å². The summed E-state index contributed by atoms with van der Waals surface area (Å²) < 4.78 is 2.53. The monoisotopic (exact) mass is 291 g/mol. The third-order valence-electron chi connectivity index (χ3n) is 4.70. The average Bonchev–Trinajstić information content (AvgIpc) is 2.87. The van der Waals surface area contributed by atoms with E-state index < -0.39 is 0 Å². The number of hydrogen-bond acceptors (Lipinski definition) is 2. The van der Waals surface area contributed by atoms with E-state index in [9.17, 15) is 0 Å². The number of pyridine rings is 1. The van der Waals surface area contributed by atoms with E-state index in [1.165, 1.54) is 27.7 Å². The highest BCUT2D eigenvalue weighted by atomic mass is 15.1. The molecule has 3 heterocycles. The predicted molar refractivity (Wildman–Crippen MR) is 89.9 cm³/mol. The molecular formula is C19H21N3. The van der Waals surface area contributed by atoms with E-state index in [-0.39, 0.29) is 0 Å². The van der Waals surface area contributed by atoms with Crippen LogP contribution in [0.15, 0.2) is 48.8 Å². The van der Waals surface area contributed by atoms with Crippen LogP contribution in [0.1, 0.15) is 16.8 Å². The smallest absolute Gasteiger partial charge is 0.0486 e. The van der Waals surface area contributed by atoms with Crippen molar-refractivity contribution in [1.29, 1.82) is 0 Å². The minimum Gasteiger partial charge on any atom is -0.344 e. The first-order valence-electron chi connectivity index (χ1n) is 7.99. The Balaban J connectivity index is 1.74. The summed E-state index contributed by atoms with van der Waals surface area (Å²) >= 11 is 0. The van der Waals surface area contributed by atoms with E-state index in [1.54, 1.807) is 0 Å². The van der Waals surface area contributed by atoms with Crippen LogP contribution >= 0.6 is 0 Å². The lowest BCUT2D eigenvalue weighted by Gasteiger charge is -2.24. The van der Waals surface area contributed by atoms with Crippen LogP contribution in [-0.4, -0.2) is 28.0 Å². The van der Waals surface area contributed by atoms with Gasteiger partial charge in [-0.05, 0) is 36.7 Å². The number of aromatic nitrogens is 2. The molecule has 0 aliphatic carbocycles. The van der Waals surface area contributed by atoms with Crippen molar-refractivity contribution in [2.24, 2.45) is 0 Å². The van der Waals surface area contributed by atoms with Gasteiger partial charge in [-0.25, -0.2) is 0 Å². The largest absolute Gasteiger partial charge is 0.344 e. The second-order valence-electron chi connectivity index (χ2n) is 6.19. The summed E-state index contributed by atoms with van der Waals surface area (Å²) in [7, 11) is 2.21. The summed E-state index contributed by atoms with van der Waals surface area (Å²) in [6, 6.07) is 13.0. The van der Waals surface area contributed by atoms with Gasteiger partial charge in [-0.3, -0.25) is 4.98 Å². The molecule has 112 valence electrons. The Morgan fingerprint density at radius 3 is 2.91 bits per heavy atom. The molecule has 0 saturated carbocycles. The zero-order chi connectivity index (χ0) is 14.9. The molecule has 22 heavy (non-hydrogen) atoms. The lowest BCUT2D eigenvalue weighted by Crippen LogP contribution is -2.27. The lowest BCUT2D eigenvalue weighted by molar-refractivity contribution is 0.309. The molecule has 0 fully saturated rings. The molecule has 4 rings (SSSR count). The van der Waals surface area contributed by atoms with Gasteiger partial charge in [0.05, 0.1) is 0 Å². The zero-order valence-electron chi connectivity index (χ0n) is 13.0. The first-order valence-corrected chi connectivity index (χ1v) is 7.99. The van der Waals surface area contributed by atoms with Crippen LogP contribution < -0.4 is 0 Å². The van der Waals surface area contributed by atoms with Crippen molar-refractivity contribution in [3.05, 3.63) is 65.6 Å². The molecule has 0 amide bonds. The summed E-state index contributed by atoms with van der Waals surface area (Å²) in [4.78, 5) is 6.65. The first kappa shape index (κ1) is 13.5. The SMILES string of the molecule is CN1CCc2c(c3ccccc3n2CCc2cccnc2)C1. The summed E-state index contributed by atoms with van der Waals surface area (Å²) in [6.45, 7) is 3.25. The Kier molecular flexibility index (Phi) is 3.43. The third kappa shape index (κ3) is 2.32. The molecule has 3 aromatic rings. The Labute approximate surface area is 131 Å². The Morgan fingerprint density at radius 2 is 2.05 bits per heavy atom. The molecule has 1 aliphatic heterocycles. The molecule has 0 N–H and O–H groups in total. The number of fused-ring (bicyclic) bond motifs is 3. The van der Waals surface area contributed by atoms with Gasteiger partial charge in [0.15, 0.2) is 0 Å². The van der Waals surface area contributed by atoms with Crippen molar-refractivity contribution in [1.82, 2.24) is 14.5 Å². The normalized spacial score (nSPS) is 15.1. The molecule has 2 aromatic heterocycles. The van der Waals surface area contributed by atoms with Gasteiger partial charge in [0, 0.05) is 55.0 Å². The van der Waals surface area contributed by atoms with Gasteiger partial charge in [0.2, 0.25) is 0 Å². The van der Waals surface area contributed by atoms with E-state index in [4.69, 9.17) is 0 Å². The minimum atomic E-state index is 1.03. The average molecular weight is 291 g/mol. The molecular weight excluding hydrogens is 270 g/mol. The van der Waals surface area contributed by atoms with Crippen LogP contribution in [-0.2, 0) is 25.9 Å². The summed E-state index contributed by atoms with van der Waals surface area (Å²) in [6.07, 6.45) is 6.00. The Hall–Kier alpha value is -2.13.